The second-order valence-electron chi connectivity index (χ2n) is 5.58. The molecule has 0 N–H and O–H groups in total. The van der Waals surface area contributed by atoms with Gasteiger partial charge in [0, 0.05) is 22.5 Å². The third-order valence-electron chi connectivity index (χ3n) is 3.99. The van der Waals surface area contributed by atoms with Crippen LogP contribution >= 0.6 is 11.6 Å². The molecule has 0 aliphatic rings. The van der Waals surface area contributed by atoms with E-state index in [1.54, 1.807) is 50.2 Å². The molecule has 0 saturated heterocycles. The third kappa shape index (κ3) is 3.28. The molecular formula is C19H17ClN2O3. The molecule has 25 heavy (non-hydrogen) atoms. The Hall–Kier alpha value is -2.66. The number of fused-ring (bicyclic) bond motifs is 1. The first kappa shape index (κ1) is 17.2. The summed E-state index contributed by atoms with van der Waals surface area (Å²) in [5, 5.41) is 5.63. The topological polar surface area (TPSA) is 61.2 Å². The average molecular weight is 357 g/mol. The lowest BCUT2D eigenvalue weighted by atomic mass is 10.1. The minimum Gasteiger partial charge on any atom is -0.453 e. The molecule has 6 heteroatoms. The number of nitrogens with zero attached hydrogens (tertiary/aromatic N) is 2. The lowest BCUT2D eigenvalue weighted by Gasteiger charge is -2.16. The van der Waals surface area contributed by atoms with Crippen LogP contribution in [0.5, 0.6) is 0 Å². The van der Waals surface area contributed by atoms with Crippen LogP contribution in [-0.2, 0) is 11.3 Å². The second-order valence-corrected chi connectivity index (χ2v) is 5.99. The van der Waals surface area contributed by atoms with Crippen LogP contribution in [0.3, 0.4) is 0 Å². The summed E-state index contributed by atoms with van der Waals surface area (Å²) in [6, 6.07) is 14.1. The van der Waals surface area contributed by atoms with E-state index >= 15 is 0 Å². The fraction of sp³-hybridized carbons (Fsp3) is 0.211. The van der Waals surface area contributed by atoms with Gasteiger partial charge in [-0.25, -0.2) is 9.48 Å². The number of carbonyl (C=O) groups excluding carboxylic acids is 1. The predicted octanol–water partition coefficient (Wildman–Crippen LogP) is 3.99. The smallest absolute Gasteiger partial charge is 0.360 e. The Morgan fingerprint density at radius 3 is 2.48 bits per heavy atom. The number of benzene rings is 2. The number of aromatic nitrogens is 2. The van der Waals surface area contributed by atoms with E-state index in [-0.39, 0.29) is 11.3 Å². The maximum atomic E-state index is 12.7. The van der Waals surface area contributed by atoms with Gasteiger partial charge in [-0.3, -0.25) is 4.79 Å². The van der Waals surface area contributed by atoms with Crippen molar-refractivity contribution in [2.75, 3.05) is 0 Å². The Balaban J connectivity index is 2.01. The van der Waals surface area contributed by atoms with Crippen LogP contribution in [0.15, 0.2) is 53.3 Å². The monoisotopic (exact) mass is 356 g/mol. The van der Waals surface area contributed by atoms with E-state index in [2.05, 4.69) is 5.10 Å². The minimum absolute atomic E-state index is 0.121. The number of ether oxygens (including phenoxy) is 1. The standard InChI is InChI=1S/C19H17ClN2O3/c1-3-22-18(23)15-10-5-4-9-14(15)17(21-22)19(24)25-12(2)13-8-6-7-11-16(13)20/h4-12H,3H2,1-2H3/t12-/m1/s1. The Morgan fingerprint density at radius 2 is 1.80 bits per heavy atom. The number of esters is 1. The van der Waals surface area contributed by atoms with Crippen LogP contribution in [0.4, 0.5) is 0 Å². The molecular weight excluding hydrogens is 340 g/mol. The van der Waals surface area contributed by atoms with Gasteiger partial charge in [0.05, 0.1) is 5.39 Å². The van der Waals surface area contributed by atoms with Crippen LogP contribution in [0.25, 0.3) is 10.8 Å². The van der Waals surface area contributed by atoms with Gasteiger partial charge in [0.1, 0.15) is 6.10 Å². The lowest BCUT2D eigenvalue weighted by molar-refractivity contribution is 0.0331. The fourth-order valence-corrected chi connectivity index (χ4v) is 2.97. The SMILES string of the molecule is CCn1nc(C(=O)O[C@H](C)c2ccccc2Cl)c2ccccc2c1=O. The highest BCUT2D eigenvalue weighted by molar-refractivity contribution is 6.31. The number of halogens is 1. The van der Waals surface area contributed by atoms with Crippen molar-refractivity contribution >= 4 is 28.3 Å². The molecule has 0 spiro atoms. The van der Waals surface area contributed by atoms with E-state index in [1.165, 1.54) is 4.68 Å². The summed E-state index contributed by atoms with van der Waals surface area (Å²) >= 11 is 6.16. The molecule has 0 amide bonds. The van der Waals surface area contributed by atoms with Crippen molar-refractivity contribution in [1.82, 2.24) is 9.78 Å². The molecule has 3 rings (SSSR count). The molecule has 1 aromatic heterocycles. The van der Waals surface area contributed by atoms with E-state index < -0.39 is 12.1 Å². The quantitative estimate of drug-likeness (QED) is 0.663. The summed E-state index contributed by atoms with van der Waals surface area (Å²) in [6.07, 6.45) is -0.538. The van der Waals surface area contributed by atoms with Crippen LogP contribution in [0.1, 0.15) is 36.0 Å². The Bertz CT molecular complexity index is 997. The van der Waals surface area contributed by atoms with E-state index in [1.807, 2.05) is 12.1 Å². The number of carbonyl (C=O) groups is 1. The van der Waals surface area contributed by atoms with Gasteiger partial charge >= 0.3 is 5.97 Å². The van der Waals surface area contributed by atoms with Crippen LogP contribution in [0, 0.1) is 0 Å². The molecule has 128 valence electrons. The first-order valence-corrected chi connectivity index (χ1v) is 8.36. The fourth-order valence-electron chi connectivity index (χ4n) is 2.68. The number of rotatable bonds is 4. The molecule has 0 fully saturated rings. The summed E-state index contributed by atoms with van der Waals surface area (Å²) in [7, 11) is 0. The molecule has 1 heterocycles. The molecule has 0 aliphatic carbocycles. The molecule has 0 bridgehead atoms. The number of aryl methyl sites for hydroxylation is 1. The number of hydrogen-bond acceptors (Lipinski definition) is 4. The second kappa shape index (κ2) is 7.07. The molecule has 0 unspecified atom stereocenters. The summed E-state index contributed by atoms with van der Waals surface area (Å²) in [6.45, 7) is 3.91. The molecule has 0 aliphatic heterocycles. The van der Waals surface area contributed by atoms with Gasteiger partial charge in [-0.15, -0.1) is 0 Å². The maximum absolute atomic E-state index is 12.7. The molecule has 3 aromatic rings. The zero-order valence-corrected chi connectivity index (χ0v) is 14.7. The van der Waals surface area contributed by atoms with E-state index in [0.29, 0.717) is 27.9 Å². The molecule has 5 nitrogen and oxygen atoms in total. The first-order chi connectivity index (χ1) is 12.0. The summed E-state index contributed by atoms with van der Waals surface area (Å²) < 4.78 is 6.81. The average Bonchev–Trinajstić information content (AvgIpc) is 2.62. The Morgan fingerprint density at radius 1 is 1.16 bits per heavy atom. The van der Waals surface area contributed by atoms with Crippen molar-refractivity contribution in [3.05, 3.63) is 75.2 Å². The summed E-state index contributed by atoms with van der Waals surface area (Å²) in [5.41, 5.74) is 0.607. The Kier molecular flexibility index (Phi) is 4.86. The molecule has 0 saturated carbocycles. The van der Waals surface area contributed by atoms with Crippen LogP contribution < -0.4 is 5.56 Å². The van der Waals surface area contributed by atoms with Crippen molar-refractivity contribution in [2.45, 2.75) is 26.5 Å². The van der Waals surface area contributed by atoms with E-state index in [9.17, 15) is 9.59 Å². The number of hydrogen-bond donors (Lipinski definition) is 0. The van der Waals surface area contributed by atoms with Gasteiger partial charge in [0.25, 0.3) is 5.56 Å². The predicted molar refractivity (Wildman–Crippen MR) is 97.0 cm³/mol. The van der Waals surface area contributed by atoms with Crippen molar-refractivity contribution < 1.29 is 9.53 Å². The van der Waals surface area contributed by atoms with Gasteiger partial charge in [0.2, 0.25) is 0 Å². The van der Waals surface area contributed by atoms with Gasteiger partial charge in [0.15, 0.2) is 5.69 Å². The van der Waals surface area contributed by atoms with Crippen molar-refractivity contribution in [3.8, 4) is 0 Å². The van der Waals surface area contributed by atoms with Crippen LogP contribution in [-0.4, -0.2) is 15.7 Å². The van der Waals surface area contributed by atoms with Crippen molar-refractivity contribution in [1.29, 1.82) is 0 Å². The molecule has 0 radical (unpaired) electrons. The van der Waals surface area contributed by atoms with Crippen LogP contribution in [0.2, 0.25) is 5.02 Å². The maximum Gasteiger partial charge on any atom is 0.360 e. The Labute approximate surface area is 149 Å². The zero-order chi connectivity index (χ0) is 18.0. The highest BCUT2D eigenvalue weighted by Crippen LogP contribution is 2.26. The van der Waals surface area contributed by atoms with Gasteiger partial charge in [-0.1, -0.05) is 48.0 Å². The third-order valence-corrected chi connectivity index (χ3v) is 4.33. The molecule has 2 aromatic carbocycles. The van der Waals surface area contributed by atoms with E-state index in [0.717, 1.165) is 0 Å². The van der Waals surface area contributed by atoms with Gasteiger partial charge in [-0.2, -0.15) is 5.10 Å². The lowest BCUT2D eigenvalue weighted by Crippen LogP contribution is -2.26. The van der Waals surface area contributed by atoms with Gasteiger partial charge in [-0.05, 0) is 26.0 Å². The first-order valence-electron chi connectivity index (χ1n) is 7.98. The van der Waals surface area contributed by atoms with Crippen molar-refractivity contribution in [3.63, 3.8) is 0 Å². The van der Waals surface area contributed by atoms with E-state index in [4.69, 9.17) is 16.3 Å². The van der Waals surface area contributed by atoms with Crippen molar-refractivity contribution in [2.24, 2.45) is 0 Å². The minimum atomic E-state index is -0.592. The largest absolute Gasteiger partial charge is 0.453 e. The highest BCUT2D eigenvalue weighted by atomic mass is 35.5. The normalized spacial score (nSPS) is 12.1. The zero-order valence-electron chi connectivity index (χ0n) is 13.9. The summed E-state index contributed by atoms with van der Waals surface area (Å²) in [5.74, 6) is -0.592. The van der Waals surface area contributed by atoms with Gasteiger partial charge < -0.3 is 4.74 Å². The summed E-state index contributed by atoms with van der Waals surface area (Å²) in [4.78, 5) is 25.0. The molecule has 1 atom stereocenters. The highest BCUT2D eigenvalue weighted by Gasteiger charge is 2.21.